The van der Waals surface area contributed by atoms with Crippen molar-refractivity contribution in [2.24, 2.45) is 0 Å². The highest BCUT2D eigenvalue weighted by Crippen LogP contribution is 2.23. The summed E-state index contributed by atoms with van der Waals surface area (Å²) in [6.07, 6.45) is 2.88. The highest BCUT2D eigenvalue weighted by atomic mass is 79.9. The Morgan fingerprint density at radius 3 is 2.67 bits per heavy atom. The highest BCUT2D eigenvalue weighted by molar-refractivity contribution is 9.10. The second-order valence-corrected chi connectivity index (χ2v) is 7.76. The summed E-state index contributed by atoms with van der Waals surface area (Å²) in [6, 6.07) is 8.20. The van der Waals surface area contributed by atoms with Gasteiger partial charge in [-0.15, -0.1) is 0 Å². The average Bonchev–Trinajstić information content (AvgIpc) is 2.26. The molecule has 0 aliphatic carbocycles. The van der Waals surface area contributed by atoms with E-state index >= 15 is 0 Å². The van der Waals surface area contributed by atoms with Crippen molar-refractivity contribution in [1.82, 2.24) is 5.32 Å². The third-order valence-corrected chi connectivity index (χ3v) is 4.36. The molecule has 18 heavy (non-hydrogen) atoms. The minimum atomic E-state index is -2.85. The van der Waals surface area contributed by atoms with Gasteiger partial charge in [0.25, 0.3) is 0 Å². The van der Waals surface area contributed by atoms with Crippen molar-refractivity contribution < 1.29 is 8.42 Å². The van der Waals surface area contributed by atoms with Crippen molar-refractivity contribution in [3.63, 3.8) is 0 Å². The first-order chi connectivity index (χ1) is 8.42. The lowest BCUT2D eigenvalue weighted by atomic mass is 9.94. The van der Waals surface area contributed by atoms with E-state index in [2.05, 4.69) is 33.4 Å². The zero-order valence-electron chi connectivity index (χ0n) is 10.8. The molecule has 102 valence electrons. The van der Waals surface area contributed by atoms with E-state index in [0.717, 1.165) is 17.4 Å². The summed E-state index contributed by atoms with van der Waals surface area (Å²) in [6.45, 7) is 0.861. The molecule has 1 N–H and O–H groups in total. The Morgan fingerprint density at radius 2 is 2.11 bits per heavy atom. The molecule has 0 fully saturated rings. The van der Waals surface area contributed by atoms with E-state index in [1.165, 1.54) is 11.8 Å². The SMILES string of the molecule is CNCC(CCCS(C)(=O)=O)c1cccc(Br)c1. The minimum Gasteiger partial charge on any atom is -0.319 e. The van der Waals surface area contributed by atoms with Crippen LogP contribution < -0.4 is 5.32 Å². The van der Waals surface area contributed by atoms with Crippen LogP contribution >= 0.6 is 15.9 Å². The molecular formula is C13H20BrNO2S. The van der Waals surface area contributed by atoms with Gasteiger partial charge in [-0.25, -0.2) is 8.42 Å². The smallest absolute Gasteiger partial charge is 0.147 e. The van der Waals surface area contributed by atoms with E-state index in [1.54, 1.807) is 0 Å². The first-order valence-corrected chi connectivity index (χ1v) is 8.85. The summed E-state index contributed by atoms with van der Waals surface area (Å²) >= 11 is 3.47. The number of nitrogens with one attached hydrogen (secondary N) is 1. The molecule has 0 amide bonds. The first-order valence-electron chi connectivity index (χ1n) is 6.00. The number of benzene rings is 1. The number of hydrogen-bond donors (Lipinski definition) is 1. The number of hydrogen-bond acceptors (Lipinski definition) is 3. The molecule has 0 spiro atoms. The van der Waals surface area contributed by atoms with Gasteiger partial charge in [0.2, 0.25) is 0 Å². The van der Waals surface area contributed by atoms with Gasteiger partial charge in [-0.1, -0.05) is 28.1 Å². The van der Waals surface area contributed by atoms with Crippen LogP contribution in [-0.4, -0.2) is 34.0 Å². The van der Waals surface area contributed by atoms with E-state index < -0.39 is 9.84 Å². The standard InChI is InChI=1S/C13H20BrNO2S/c1-15-10-12(6-4-8-18(2,16)17)11-5-3-7-13(14)9-11/h3,5,7,9,12,15H,4,6,8,10H2,1-2H3. The summed E-state index contributed by atoms with van der Waals surface area (Å²) in [7, 11) is -0.937. The van der Waals surface area contributed by atoms with Crippen LogP contribution in [0.3, 0.4) is 0 Å². The summed E-state index contributed by atoms with van der Waals surface area (Å²) in [5.74, 6) is 0.621. The van der Waals surface area contributed by atoms with Crippen molar-refractivity contribution >= 4 is 25.8 Å². The summed E-state index contributed by atoms with van der Waals surface area (Å²) in [5.41, 5.74) is 1.24. The predicted octanol–water partition coefficient (Wildman–Crippen LogP) is 2.58. The molecule has 0 aliphatic rings. The number of sulfone groups is 1. The molecule has 1 aromatic rings. The maximum atomic E-state index is 11.1. The third-order valence-electron chi connectivity index (χ3n) is 2.84. The lowest BCUT2D eigenvalue weighted by molar-refractivity contribution is 0.564. The zero-order chi connectivity index (χ0) is 13.6. The fraction of sp³-hybridized carbons (Fsp3) is 0.538. The summed E-state index contributed by atoms with van der Waals surface area (Å²) < 4.78 is 23.3. The average molecular weight is 334 g/mol. The molecule has 0 aromatic heterocycles. The van der Waals surface area contributed by atoms with Crippen LogP contribution in [0.15, 0.2) is 28.7 Å². The second-order valence-electron chi connectivity index (χ2n) is 4.58. The van der Waals surface area contributed by atoms with Crippen LogP contribution in [0.1, 0.15) is 24.3 Å². The number of rotatable bonds is 7. The molecule has 0 saturated carbocycles. The van der Waals surface area contributed by atoms with Gasteiger partial charge in [-0.3, -0.25) is 0 Å². The lowest BCUT2D eigenvalue weighted by Gasteiger charge is -2.17. The predicted molar refractivity (Wildman–Crippen MR) is 79.8 cm³/mol. The van der Waals surface area contributed by atoms with Gasteiger partial charge in [-0.2, -0.15) is 0 Å². The van der Waals surface area contributed by atoms with Crippen molar-refractivity contribution in [3.05, 3.63) is 34.3 Å². The van der Waals surface area contributed by atoms with Gasteiger partial charge in [0.15, 0.2) is 0 Å². The molecule has 1 aromatic carbocycles. The summed E-state index contributed by atoms with van der Waals surface area (Å²) in [5, 5.41) is 3.17. The Labute approximate surface area is 118 Å². The molecule has 0 radical (unpaired) electrons. The van der Waals surface area contributed by atoms with Crippen molar-refractivity contribution in [3.8, 4) is 0 Å². The molecule has 3 nitrogen and oxygen atoms in total. The molecule has 0 aliphatic heterocycles. The fourth-order valence-corrected chi connectivity index (χ4v) is 3.09. The Bertz CT molecular complexity index is 474. The zero-order valence-corrected chi connectivity index (χ0v) is 13.2. The highest BCUT2D eigenvalue weighted by Gasteiger charge is 2.12. The molecule has 5 heteroatoms. The largest absolute Gasteiger partial charge is 0.319 e. The maximum Gasteiger partial charge on any atom is 0.147 e. The summed E-state index contributed by atoms with van der Waals surface area (Å²) in [4.78, 5) is 0. The van der Waals surface area contributed by atoms with Gasteiger partial charge >= 0.3 is 0 Å². The van der Waals surface area contributed by atoms with E-state index in [1.807, 2.05) is 19.2 Å². The van der Waals surface area contributed by atoms with E-state index in [4.69, 9.17) is 0 Å². The number of likely N-dealkylation sites (N-methyl/N-ethyl adjacent to an activating group) is 1. The van der Waals surface area contributed by atoms with Crippen LogP contribution in [0.2, 0.25) is 0 Å². The topological polar surface area (TPSA) is 46.2 Å². The van der Waals surface area contributed by atoms with E-state index in [-0.39, 0.29) is 5.75 Å². The van der Waals surface area contributed by atoms with Crippen LogP contribution in [0, 0.1) is 0 Å². The van der Waals surface area contributed by atoms with Crippen LogP contribution in [0.25, 0.3) is 0 Å². The van der Waals surface area contributed by atoms with Gasteiger partial charge in [0.05, 0.1) is 0 Å². The molecule has 1 unspecified atom stereocenters. The molecule has 1 atom stereocenters. The molecule has 0 bridgehead atoms. The lowest BCUT2D eigenvalue weighted by Crippen LogP contribution is -2.18. The minimum absolute atomic E-state index is 0.265. The number of halogens is 1. The van der Waals surface area contributed by atoms with Crippen LogP contribution in [-0.2, 0) is 9.84 Å². The quantitative estimate of drug-likeness (QED) is 0.834. The van der Waals surface area contributed by atoms with Crippen molar-refractivity contribution in [2.45, 2.75) is 18.8 Å². The molecule has 0 saturated heterocycles. The van der Waals surface area contributed by atoms with Crippen LogP contribution in [0.5, 0.6) is 0 Å². The van der Waals surface area contributed by atoms with Gasteiger partial charge in [0, 0.05) is 23.0 Å². The molecular weight excluding hydrogens is 314 g/mol. The van der Waals surface area contributed by atoms with Gasteiger partial charge < -0.3 is 5.32 Å². The van der Waals surface area contributed by atoms with Crippen molar-refractivity contribution in [2.75, 3.05) is 25.6 Å². The Morgan fingerprint density at radius 1 is 1.39 bits per heavy atom. The van der Waals surface area contributed by atoms with Crippen molar-refractivity contribution in [1.29, 1.82) is 0 Å². The maximum absolute atomic E-state index is 11.1. The Kier molecular flexibility index (Phi) is 6.32. The second kappa shape index (κ2) is 7.26. The first kappa shape index (κ1) is 15.7. The van der Waals surface area contributed by atoms with Crippen LogP contribution in [0.4, 0.5) is 0 Å². The fourth-order valence-electron chi connectivity index (χ4n) is 1.99. The molecule has 0 heterocycles. The normalized spacial score (nSPS) is 13.5. The Hall–Kier alpha value is -0.390. The molecule has 1 rings (SSSR count). The monoisotopic (exact) mass is 333 g/mol. The van der Waals surface area contributed by atoms with E-state index in [9.17, 15) is 8.42 Å². The van der Waals surface area contributed by atoms with Gasteiger partial charge in [-0.05, 0) is 43.5 Å². The Balaban J connectivity index is 2.65. The van der Waals surface area contributed by atoms with Gasteiger partial charge in [0.1, 0.15) is 9.84 Å². The van der Waals surface area contributed by atoms with E-state index in [0.29, 0.717) is 12.3 Å². The third kappa shape index (κ3) is 5.98.